The summed E-state index contributed by atoms with van der Waals surface area (Å²) in [5.41, 5.74) is -0.411. The van der Waals surface area contributed by atoms with E-state index in [2.05, 4.69) is 0 Å². The Morgan fingerprint density at radius 1 is 1.16 bits per heavy atom. The molecule has 2 aliphatic rings. The van der Waals surface area contributed by atoms with Crippen LogP contribution < -0.4 is 14.4 Å². The fraction of sp³-hybridized carbons (Fsp3) is 0.263. The van der Waals surface area contributed by atoms with Crippen molar-refractivity contribution in [1.82, 2.24) is 0 Å². The van der Waals surface area contributed by atoms with Gasteiger partial charge >= 0.3 is 0 Å². The second-order valence-corrected chi connectivity index (χ2v) is 6.20. The number of hydrogen-bond acceptors (Lipinski definition) is 5. The number of aliphatic hydroxyl groups is 1. The normalized spacial score (nSPS) is 21.2. The fourth-order valence-corrected chi connectivity index (χ4v) is 3.34. The van der Waals surface area contributed by atoms with Crippen molar-refractivity contribution >= 4 is 17.4 Å². The van der Waals surface area contributed by atoms with Crippen LogP contribution in [0.25, 0.3) is 0 Å². The highest BCUT2D eigenvalue weighted by Crippen LogP contribution is 2.42. The first-order valence-corrected chi connectivity index (χ1v) is 8.03. The third kappa shape index (κ3) is 2.37. The number of hydrogen-bond donors (Lipinski definition) is 1. The van der Waals surface area contributed by atoms with Crippen molar-refractivity contribution in [2.45, 2.75) is 12.0 Å². The molecule has 0 aromatic heterocycles. The summed E-state index contributed by atoms with van der Waals surface area (Å²) >= 11 is 0. The number of benzene rings is 2. The summed E-state index contributed by atoms with van der Waals surface area (Å²) in [4.78, 5) is 26.7. The lowest BCUT2D eigenvalue weighted by atomic mass is 9.88. The Balaban J connectivity index is 1.66. The molecule has 0 fully saturated rings. The summed E-state index contributed by atoms with van der Waals surface area (Å²) in [6.45, 7) is 0.892. The molecule has 2 aromatic carbocycles. The summed E-state index contributed by atoms with van der Waals surface area (Å²) in [6, 6.07) is 11.8. The van der Waals surface area contributed by atoms with E-state index in [-0.39, 0.29) is 12.2 Å². The molecular formula is C19H17NO5. The lowest BCUT2D eigenvalue weighted by molar-refractivity contribution is -0.135. The quantitative estimate of drug-likeness (QED) is 0.865. The number of fused-ring (bicyclic) bond motifs is 2. The molecule has 0 unspecified atom stereocenters. The van der Waals surface area contributed by atoms with Crippen molar-refractivity contribution in [2.75, 3.05) is 25.2 Å². The van der Waals surface area contributed by atoms with E-state index >= 15 is 0 Å². The molecule has 0 saturated carbocycles. The molecule has 0 spiro atoms. The van der Waals surface area contributed by atoms with Crippen LogP contribution in [0.4, 0.5) is 5.69 Å². The number of para-hydroxylation sites is 1. The Kier molecular flexibility index (Phi) is 3.51. The number of nitrogens with zero attached hydrogens (tertiary/aromatic N) is 1. The van der Waals surface area contributed by atoms with Crippen LogP contribution in [0.5, 0.6) is 11.5 Å². The minimum absolute atomic E-state index is 0.327. The minimum atomic E-state index is -1.85. The van der Waals surface area contributed by atoms with Gasteiger partial charge in [0.2, 0.25) is 0 Å². The van der Waals surface area contributed by atoms with Gasteiger partial charge in [0, 0.05) is 18.2 Å². The van der Waals surface area contributed by atoms with Gasteiger partial charge in [0.25, 0.3) is 5.91 Å². The Morgan fingerprint density at radius 2 is 1.88 bits per heavy atom. The van der Waals surface area contributed by atoms with Gasteiger partial charge in [-0.2, -0.15) is 0 Å². The molecule has 1 atom stereocenters. The first-order chi connectivity index (χ1) is 12.0. The average molecular weight is 339 g/mol. The molecule has 1 N–H and O–H groups in total. The van der Waals surface area contributed by atoms with Crippen molar-refractivity contribution in [2.24, 2.45) is 0 Å². The van der Waals surface area contributed by atoms with Crippen LogP contribution in [0.2, 0.25) is 0 Å². The molecule has 6 nitrogen and oxygen atoms in total. The van der Waals surface area contributed by atoms with Gasteiger partial charge in [0.1, 0.15) is 13.2 Å². The Morgan fingerprint density at radius 3 is 2.68 bits per heavy atom. The van der Waals surface area contributed by atoms with Crippen molar-refractivity contribution < 1.29 is 24.2 Å². The zero-order chi connectivity index (χ0) is 17.6. The third-order valence-corrected chi connectivity index (χ3v) is 4.65. The standard InChI is InChI=1S/C19H17NO5/c1-20-14-5-3-2-4-13(14)19(23,18(20)22)11-15(21)12-6-7-16-17(10-12)25-9-8-24-16/h2-7,10,23H,8-9,11H2,1H3/t19-/m0/s1. The zero-order valence-electron chi connectivity index (χ0n) is 13.7. The topological polar surface area (TPSA) is 76.1 Å². The van der Waals surface area contributed by atoms with Gasteiger partial charge in [0.05, 0.1) is 12.1 Å². The molecular weight excluding hydrogens is 322 g/mol. The Labute approximate surface area is 144 Å². The van der Waals surface area contributed by atoms with Crippen molar-refractivity contribution in [3.63, 3.8) is 0 Å². The van der Waals surface area contributed by atoms with Gasteiger partial charge in [-0.1, -0.05) is 18.2 Å². The smallest absolute Gasteiger partial charge is 0.263 e. The van der Waals surface area contributed by atoms with Gasteiger partial charge in [0.15, 0.2) is 22.9 Å². The molecule has 4 rings (SSSR count). The Bertz CT molecular complexity index is 878. The van der Waals surface area contributed by atoms with E-state index in [0.717, 1.165) is 0 Å². The SMILES string of the molecule is CN1C(=O)[C@](O)(CC(=O)c2ccc3c(c2)OCCO3)c2ccccc21. The number of carbonyl (C=O) groups is 2. The van der Waals surface area contributed by atoms with E-state index < -0.39 is 11.5 Å². The molecule has 128 valence electrons. The monoisotopic (exact) mass is 339 g/mol. The van der Waals surface area contributed by atoms with Crippen LogP contribution in [-0.4, -0.2) is 37.1 Å². The highest BCUT2D eigenvalue weighted by atomic mass is 16.6. The molecule has 1 amide bonds. The van der Waals surface area contributed by atoms with E-state index in [1.165, 1.54) is 4.90 Å². The largest absolute Gasteiger partial charge is 0.486 e. The van der Waals surface area contributed by atoms with Crippen LogP contribution >= 0.6 is 0 Å². The van der Waals surface area contributed by atoms with Crippen molar-refractivity contribution in [1.29, 1.82) is 0 Å². The maximum Gasteiger partial charge on any atom is 0.263 e. The zero-order valence-corrected chi connectivity index (χ0v) is 13.7. The van der Waals surface area contributed by atoms with Gasteiger partial charge in [-0.25, -0.2) is 0 Å². The highest BCUT2D eigenvalue weighted by molar-refractivity contribution is 6.10. The van der Waals surface area contributed by atoms with Gasteiger partial charge < -0.3 is 19.5 Å². The molecule has 0 saturated heterocycles. The maximum atomic E-state index is 12.7. The number of amides is 1. The second kappa shape index (κ2) is 5.60. The van der Waals surface area contributed by atoms with Crippen molar-refractivity contribution in [3.05, 3.63) is 53.6 Å². The number of rotatable bonds is 3. The second-order valence-electron chi connectivity index (χ2n) is 6.20. The summed E-state index contributed by atoms with van der Waals surface area (Å²) in [5, 5.41) is 11.0. The van der Waals surface area contributed by atoms with Gasteiger partial charge in [-0.15, -0.1) is 0 Å². The summed E-state index contributed by atoms with van der Waals surface area (Å²) < 4.78 is 10.9. The van der Waals surface area contributed by atoms with Gasteiger partial charge in [-0.05, 0) is 24.3 Å². The first-order valence-electron chi connectivity index (χ1n) is 8.03. The van der Waals surface area contributed by atoms with Crippen LogP contribution in [0, 0.1) is 0 Å². The lowest BCUT2D eigenvalue weighted by Gasteiger charge is -2.22. The van der Waals surface area contributed by atoms with Crippen LogP contribution in [0.3, 0.4) is 0 Å². The number of likely N-dealkylation sites (N-methyl/N-ethyl adjacent to an activating group) is 1. The molecule has 2 aromatic rings. The van der Waals surface area contributed by atoms with E-state index in [1.807, 2.05) is 0 Å². The summed E-state index contributed by atoms with van der Waals surface area (Å²) in [6.07, 6.45) is -0.327. The first kappa shape index (κ1) is 15.7. The van der Waals surface area contributed by atoms with E-state index in [9.17, 15) is 14.7 Å². The van der Waals surface area contributed by atoms with Crippen molar-refractivity contribution in [3.8, 4) is 11.5 Å². The predicted molar refractivity (Wildman–Crippen MR) is 90.1 cm³/mol. The van der Waals surface area contributed by atoms with Crippen LogP contribution in [-0.2, 0) is 10.4 Å². The minimum Gasteiger partial charge on any atom is -0.486 e. The number of anilines is 1. The Hall–Kier alpha value is -2.86. The molecule has 2 aliphatic heterocycles. The highest BCUT2D eigenvalue weighted by Gasteiger charge is 2.49. The maximum absolute atomic E-state index is 12.7. The third-order valence-electron chi connectivity index (χ3n) is 4.65. The molecule has 0 aliphatic carbocycles. The number of ether oxygens (including phenoxy) is 2. The number of carbonyl (C=O) groups excluding carboxylic acids is 2. The number of ketones is 1. The summed E-state index contributed by atoms with van der Waals surface area (Å²) in [7, 11) is 1.59. The molecule has 0 radical (unpaired) electrons. The average Bonchev–Trinajstić information content (AvgIpc) is 2.83. The van der Waals surface area contributed by atoms with Crippen LogP contribution in [0.15, 0.2) is 42.5 Å². The molecule has 0 bridgehead atoms. The molecule has 25 heavy (non-hydrogen) atoms. The molecule has 2 heterocycles. The number of Topliss-reactive ketones (excluding diaryl/α,β-unsaturated/α-hetero) is 1. The van der Waals surface area contributed by atoms with Crippen LogP contribution in [0.1, 0.15) is 22.3 Å². The fourth-order valence-electron chi connectivity index (χ4n) is 3.34. The predicted octanol–water partition coefficient (Wildman–Crippen LogP) is 1.89. The lowest BCUT2D eigenvalue weighted by Crippen LogP contribution is -2.40. The molecule has 6 heteroatoms. The summed E-state index contributed by atoms with van der Waals surface area (Å²) in [5.74, 6) is 0.250. The van der Waals surface area contributed by atoms with E-state index in [4.69, 9.17) is 9.47 Å². The van der Waals surface area contributed by atoms with E-state index in [0.29, 0.717) is 41.5 Å². The van der Waals surface area contributed by atoms with E-state index in [1.54, 1.807) is 49.5 Å². The van der Waals surface area contributed by atoms with Gasteiger partial charge in [-0.3, -0.25) is 9.59 Å².